The zero-order chi connectivity index (χ0) is 13.5. The molecule has 0 saturated heterocycles. The first kappa shape index (κ1) is 14.0. The first-order valence-corrected chi connectivity index (χ1v) is 5.56. The highest BCUT2D eigenvalue weighted by Gasteiger charge is 2.18. The molecule has 0 aliphatic heterocycles. The lowest BCUT2D eigenvalue weighted by Gasteiger charge is -2.17. The van der Waals surface area contributed by atoms with Gasteiger partial charge in [0.1, 0.15) is 0 Å². The Hall–Kier alpha value is -2.10. The Labute approximate surface area is 106 Å². The van der Waals surface area contributed by atoms with Gasteiger partial charge in [0.05, 0.1) is 0 Å². The molecule has 0 bridgehead atoms. The number of esters is 2. The molecule has 1 aromatic carbocycles. The summed E-state index contributed by atoms with van der Waals surface area (Å²) in [6.07, 6.45) is -0.603. The maximum absolute atomic E-state index is 11.4. The molecular formula is C14H16O4. The van der Waals surface area contributed by atoms with Crippen molar-refractivity contribution in [3.63, 3.8) is 0 Å². The van der Waals surface area contributed by atoms with Crippen molar-refractivity contribution in [3.8, 4) is 0 Å². The summed E-state index contributed by atoms with van der Waals surface area (Å²) in [5, 5.41) is 0. The second-order valence-electron chi connectivity index (χ2n) is 3.91. The first-order valence-electron chi connectivity index (χ1n) is 5.56. The highest BCUT2D eigenvalue weighted by atomic mass is 16.7. The van der Waals surface area contributed by atoms with Crippen LogP contribution in [0.4, 0.5) is 0 Å². The molecule has 0 radical (unpaired) electrons. The van der Waals surface area contributed by atoms with Gasteiger partial charge in [0.2, 0.25) is 0 Å². The normalized spacial score (nSPS) is 11.4. The second kappa shape index (κ2) is 6.59. The van der Waals surface area contributed by atoms with E-state index in [1.165, 1.54) is 13.8 Å². The zero-order valence-corrected chi connectivity index (χ0v) is 10.5. The van der Waals surface area contributed by atoms with Gasteiger partial charge in [-0.05, 0) is 12.5 Å². The van der Waals surface area contributed by atoms with E-state index in [9.17, 15) is 9.59 Å². The van der Waals surface area contributed by atoms with Gasteiger partial charge in [-0.1, -0.05) is 36.9 Å². The van der Waals surface area contributed by atoms with Crippen LogP contribution in [0.15, 0.2) is 42.5 Å². The van der Waals surface area contributed by atoms with E-state index in [2.05, 4.69) is 6.58 Å². The Bertz CT molecular complexity index is 436. The maximum atomic E-state index is 11.4. The molecule has 18 heavy (non-hydrogen) atoms. The molecule has 0 heterocycles. The van der Waals surface area contributed by atoms with Gasteiger partial charge < -0.3 is 9.47 Å². The highest BCUT2D eigenvalue weighted by Crippen LogP contribution is 2.09. The molecule has 1 rings (SSSR count). The van der Waals surface area contributed by atoms with Gasteiger partial charge in [0.25, 0.3) is 6.29 Å². The Morgan fingerprint density at radius 3 is 2.28 bits per heavy atom. The topological polar surface area (TPSA) is 52.6 Å². The van der Waals surface area contributed by atoms with Gasteiger partial charge in [0.15, 0.2) is 0 Å². The Morgan fingerprint density at radius 1 is 1.17 bits per heavy atom. The molecule has 1 atom stereocenters. The van der Waals surface area contributed by atoms with Crippen LogP contribution in [0.5, 0.6) is 0 Å². The average Bonchev–Trinajstić information content (AvgIpc) is 2.29. The number of hydrogen-bond donors (Lipinski definition) is 0. The van der Waals surface area contributed by atoms with Crippen molar-refractivity contribution in [2.75, 3.05) is 0 Å². The van der Waals surface area contributed by atoms with Crippen LogP contribution in [0.3, 0.4) is 0 Å². The molecule has 0 aliphatic carbocycles. The summed E-state index contributed by atoms with van der Waals surface area (Å²) in [5.74, 6) is -1.07. The highest BCUT2D eigenvalue weighted by molar-refractivity contribution is 5.87. The van der Waals surface area contributed by atoms with Gasteiger partial charge >= 0.3 is 11.9 Å². The average molecular weight is 248 g/mol. The quantitative estimate of drug-likeness (QED) is 0.455. The van der Waals surface area contributed by atoms with E-state index in [1.54, 1.807) is 0 Å². The summed E-state index contributed by atoms with van der Waals surface area (Å²) in [6, 6.07) is 9.34. The lowest BCUT2D eigenvalue weighted by molar-refractivity contribution is -0.183. The SMILES string of the molecule is C=C(C)C(=O)OC(Cc1ccccc1)OC(C)=O. The first-order chi connectivity index (χ1) is 8.49. The van der Waals surface area contributed by atoms with Crippen LogP contribution >= 0.6 is 0 Å². The number of hydrogen-bond acceptors (Lipinski definition) is 4. The fourth-order valence-corrected chi connectivity index (χ4v) is 1.32. The number of ether oxygens (including phenoxy) is 2. The van der Waals surface area contributed by atoms with Crippen molar-refractivity contribution < 1.29 is 19.1 Å². The van der Waals surface area contributed by atoms with Crippen LogP contribution in [-0.4, -0.2) is 18.2 Å². The van der Waals surface area contributed by atoms with E-state index in [0.29, 0.717) is 6.42 Å². The van der Waals surface area contributed by atoms with Crippen LogP contribution in [0, 0.1) is 0 Å². The number of benzene rings is 1. The van der Waals surface area contributed by atoms with Crippen LogP contribution in [-0.2, 0) is 25.5 Å². The van der Waals surface area contributed by atoms with E-state index < -0.39 is 18.2 Å². The molecule has 96 valence electrons. The third kappa shape index (κ3) is 4.82. The van der Waals surface area contributed by atoms with Crippen molar-refractivity contribution in [2.24, 2.45) is 0 Å². The molecule has 0 aliphatic rings. The van der Waals surface area contributed by atoms with E-state index in [4.69, 9.17) is 9.47 Å². The van der Waals surface area contributed by atoms with Gasteiger partial charge in [-0.15, -0.1) is 0 Å². The third-order valence-electron chi connectivity index (χ3n) is 2.13. The molecule has 0 fully saturated rings. The van der Waals surface area contributed by atoms with Gasteiger partial charge in [-0.25, -0.2) is 4.79 Å². The molecule has 4 heteroatoms. The van der Waals surface area contributed by atoms with E-state index in [1.807, 2.05) is 30.3 Å². The van der Waals surface area contributed by atoms with E-state index in [-0.39, 0.29) is 5.57 Å². The Balaban J connectivity index is 2.69. The van der Waals surface area contributed by atoms with E-state index >= 15 is 0 Å². The van der Waals surface area contributed by atoms with Crippen LogP contribution in [0.2, 0.25) is 0 Å². The Morgan fingerprint density at radius 2 is 1.78 bits per heavy atom. The summed E-state index contributed by atoms with van der Waals surface area (Å²) in [6.45, 7) is 6.29. The second-order valence-corrected chi connectivity index (χ2v) is 3.91. The van der Waals surface area contributed by atoms with Gasteiger partial charge in [0, 0.05) is 18.9 Å². The molecule has 1 unspecified atom stereocenters. The minimum absolute atomic E-state index is 0.264. The van der Waals surface area contributed by atoms with Crippen molar-refractivity contribution >= 4 is 11.9 Å². The molecule has 0 saturated carbocycles. The summed E-state index contributed by atoms with van der Waals surface area (Å²) in [5.41, 5.74) is 1.18. The summed E-state index contributed by atoms with van der Waals surface area (Å²) < 4.78 is 10.00. The monoisotopic (exact) mass is 248 g/mol. The summed E-state index contributed by atoms with van der Waals surface area (Å²) in [7, 11) is 0. The Kier molecular flexibility index (Phi) is 5.11. The van der Waals surface area contributed by atoms with Gasteiger partial charge in [-0.2, -0.15) is 0 Å². The smallest absolute Gasteiger partial charge is 0.336 e. The molecule has 4 nitrogen and oxygen atoms in total. The fraction of sp³-hybridized carbons (Fsp3) is 0.286. The minimum atomic E-state index is -0.922. The lowest BCUT2D eigenvalue weighted by Crippen LogP contribution is -2.26. The molecular weight excluding hydrogens is 232 g/mol. The largest absolute Gasteiger partial charge is 0.425 e. The van der Waals surface area contributed by atoms with Crippen molar-refractivity contribution in [1.29, 1.82) is 0 Å². The summed E-state index contributed by atoms with van der Waals surface area (Å²) >= 11 is 0. The molecule has 0 spiro atoms. The predicted octanol–water partition coefficient (Wildman–Crippen LogP) is 2.24. The molecule has 0 N–H and O–H groups in total. The maximum Gasteiger partial charge on any atom is 0.336 e. The summed E-state index contributed by atoms with van der Waals surface area (Å²) in [4.78, 5) is 22.4. The number of carbonyl (C=O) groups excluding carboxylic acids is 2. The zero-order valence-electron chi connectivity index (χ0n) is 10.5. The molecule has 0 aromatic heterocycles. The third-order valence-corrected chi connectivity index (χ3v) is 2.13. The molecule has 1 aromatic rings. The van der Waals surface area contributed by atoms with Crippen molar-refractivity contribution in [3.05, 3.63) is 48.0 Å². The lowest BCUT2D eigenvalue weighted by atomic mass is 10.1. The molecule has 0 amide bonds. The van der Waals surface area contributed by atoms with E-state index in [0.717, 1.165) is 5.56 Å². The number of carbonyl (C=O) groups is 2. The van der Waals surface area contributed by atoms with Crippen LogP contribution in [0.25, 0.3) is 0 Å². The van der Waals surface area contributed by atoms with Gasteiger partial charge in [-0.3, -0.25) is 4.79 Å². The predicted molar refractivity (Wildman–Crippen MR) is 66.6 cm³/mol. The fourth-order valence-electron chi connectivity index (χ4n) is 1.32. The minimum Gasteiger partial charge on any atom is -0.425 e. The number of rotatable bonds is 5. The van der Waals surface area contributed by atoms with Crippen LogP contribution in [0.1, 0.15) is 19.4 Å². The standard InChI is InChI=1S/C14H16O4/c1-10(2)14(16)18-13(17-11(3)15)9-12-7-5-4-6-8-12/h4-8,13H,1,9H2,2-3H3. The van der Waals surface area contributed by atoms with Crippen molar-refractivity contribution in [1.82, 2.24) is 0 Å². The van der Waals surface area contributed by atoms with Crippen molar-refractivity contribution in [2.45, 2.75) is 26.6 Å². The van der Waals surface area contributed by atoms with Crippen LogP contribution < -0.4 is 0 Å².